The van der Waals surface area contributed by atoms with Crippen LogP contribution < -0.4 is 5.32 Å². The average Bonchev–Trinajstić information content (AvgIpc) is 2.66. The molecule has 0 aliphatic rings. The lowest BCUT2D eigenvalue weighted by molar-refractivity contribution is 0.0655. The van der Waals surface area contributed by atoms with Gasteiger partial charge in [0.15, 0.2) is 0 Å². The number of likely N-dealkylation sites (N-methyl/N-ethyl adjacent to an activating group) is 1. The van der Waals surface area contributed by atoms with E-state index in [1.54, 1.807) is 11.8 Å². The third-order valence-corrected chi connectivity index (χ3v) is 2.70. The molecule has 16 heavy (non-hydrogen) atoms. The van der Waals surface area contributed by atoms with E-state index in [-0.39, 0.29) is 6.10 Å². The first-order chi connectivity index (χ1) is 7.71. The molecule has 0 radical (unpaired) electrons. The summed E-state index contributed by atoms with van der Waals surface area (Å²) < 4.78 is 7.20. The molecule has 2 unspecified atom stereocenters. The van der Waals surface area contributed by atoms with Gasteiger partial charge in [-0.25, -0.2) is 0 Å². The second-order valence-corrected chi connectivity index (χ2v) is 3.93. The number of aryl methyl sites for hydroxylation is 1. The Morgan fingerprint density at radius 1 is 1.50 bits per heavy atom. The number of hydrogen-bond acceptors (Lipinski definition) is 4. The summed E-state index contributed by atoms with van der Waals surface area (Å²) in [6.07, 6.45) is 4.02. The lowest BCUT2D eigenvalue weighted by atomic mass is 10.0. The van der Waals surface area contributed by atoms with E-state index >= 15 is 0 Å². The molecule has 0 amide bonds. The highest BCUT2D eigenvalue weighted by Crippen LogP contribution is 2.08. The van der Waals surface area contributed by atoms with E-state index in [0.717, 1.165) is 25.1 Å². The van der Waals surface area contributed by atoms with E-state index in [0.29, 0.717) is 6.04 Å². The van der Waals surface area contributed by atoms with Gasteiger partial charge in [0.1, 0.15) is 0 Å². The fourth-order valence-electron chi connectivity index (χ4n) is 1.93. The second kappa shape index (κ2) is 6.60. The summed E-state index contributed by atoms with van der Waals surface area (Å²) in [7, 11) is 3.64. The minimum absolute atomic E-state index is 0.224. The first-order valence-corrected chi connectivity index (χ1v) is 5.82. The maximum Gasteiger partial charge on any atom is 0.0843 e. The Morgan fingerprint density at radius 3 is 2.69 bits per heavy atom. The summed E-state index contributed by atoms with van der Waals surface area (Å²) in [5.74, 6) is 0. The summed E-state index contributed by atoms with van der Waals surface area (Å²) in [4.78, 5) is 0. The fraction of sp³-hybridized carbons (Fsp3) is 0.818. The number of rotatable bonds is 7. The molecule has 1 N–H and O–H groups in total. The normalized spacial score (nSPS) is 15.0. The third-order valence-electron chi connectivity index (χ3n) is 2.70. The van der Waals surface area contributed by atoms with Gasteiger partial charge >= 0.3 is 0 Å². The summed E-state index contributed by atoms with van der Waals surface area (Å²) >= 11 is 0. The topological polar surface area (TPSA) is 52.0 Å². The van der Waals surface area contributed by atoms with Crippen LogP contribution in [0, 0.1) is 0 Å². The zero-order chi connectivity index (χ0) is 12.0. The van der Waals surface area contributed by atoms with Crippen LogP contribution in [0.4, 0.5) is 0 Å². The molecule has 0 saturated heterocycles. The molecule has 0 saturated carbocycles. The average molecular weight is 226 g/mol. The van der Waals surface area contributed by atoms with E-state index in [1.165, 1.54) is 0 Å². The molecule has 1 rings (SSSR count). The molecule has 0 aliphatic carbocycles. The Labute approximate surface area is 97.2 Å². The number of hydrogen-bond donors (Lipinski definition) is 1. The van der Waals surface area contributed by atoms with Gasteiger partial charge in [0.25, 0.3) is 0 Å². The van der Waals surface area contributed by atoms with Crippen LogP contribution in [0.5, 0.6) is 0 Å². The molecule has 5 nitrogen and oxygen atoms in total. The Morgan fingerprint density at radius 2 is 2.25 bits per heavy atom. The van der Waals surface area contributed by atoms with E-state index in [9.17, 15) is 0 Å². The van der Waals surface area contributed by atoms with Crippen molar-refractivity contribution in [1.82, 2.24) is 20.3 Å². The highest BCUT2D eigenvalue weighted by Gasteiger charge is 2.20. The van der Waals surface area contributed by atoms with Crippen LogP contribution in [-0.4, -0.2) is 40.8 Å². The Kier molecular flexibility index (Phi) is 5.42. The van der Waals surface area contributed by atoms with Crippen LogP contribution in [0.2, 0.25) is 0 Å². The van der Waals surface area contributed by atoms with E-state index in [4.69, 9.17) is 4.74 Å². The van der Waals surface area contributed by atoms with Gasteiger partial charge in [-0.15, -0.1) is 5.10 Å². The zero-order valence-corrected chi connectivity index (χ0v) is 10.6. The van der Waals surface area contributed by atoms with Crippen molar-refractivity contribution in [2.45, 2.75) is 38.8 Å². The molecular formula is C11H22N4O. The lowest BCUT2D eigenvalue weighted by Crippen LogP contribution is -2.42. The van der Waals surface area contributed by atoms with Crippen molar-refractivity contribution >= 4 is 0 Å². The molecule has 0 spiro atoms. The van der Waals surface area contributed by atoms with E-state index in [1.807, 2.05) is 13.2 Å². The number of aromatic nitrogens is 3. The third kappa shape index (κ3) is 3.57. The molecular weight excluding hydrogens is 204 g/mol. The van der Waals surface area contributed by atoms with Crippen LogP contribution in [0.25, 0.3) is 0 Å². The molecule has 0 aromatic carbocycles. The second-order valence-electron chi connectivity index (χ2n) is 3.93. The van der Waals surface area contributed by atoms with E-state index < -0.39 is 0 Å². The molecule has 1 aromatic heterocycles. The molecule has 5 heteroatoms. The summed E-state index contributed by atoms with van der Waals surface area (Å²) in [6, 6.07) is 0.302. The predicted molar refractivity (Wildman–Crippen MR) is 63.3 cm³/mol. The van der Waals surface area contributed by atoms with E-state index in [2.05, 4.69) is 29.5 Å². The molecule has 0 fully saturated rings. The largest absolute Gasteiger partial charge is 0.380 e. The number of methoxy groups -OCH3 is 1. The molecule has 92 valence electrons. The molecule has 1 heterocycles. The van der Waals surface area contributed by atoms with Crippen LogP contribution in [0.15, 0.2) is 6.20 Å². The Balaban J connectivity index is 2.63. The van der Waals surface area contributed by atoms with Gasteiger partial charge in [-0.2, -0.15) is 0 Å². The molecule has 1 aromatic rings. The van der Waals surface area contributed by atoms with Crippen molar-refractivity contribution in [2.75, 3.05) is 13.7 Å². The Hall–Kier alpha value is -0.940. The van der Waals surface area contributed by atoms with Crippen molar-refractivity contribution in [2.24, 2.45) is 7.05 Å². The van der Waals surface area contributed by atoms with Crippen molar-refractivity contribution in [1.29, 1.82) is 0 Å². The predicted octanol–water partition coefficient (Wildman–Crippen LogP) is 0.761. The standard InChI is InChI=1S/C11H22N4O/c1-5-11(16-4)10(12-6-2)7-9-8-15(3)14-13-9/h8,10-12H,5-7H2,1-4H3. The summed E-state index contributed by atoms with van der Waals surface area (Å²) in [5, 5.41) is 11.5. The number of nitrogens with zero attached hydrogens (tertiary/aromatic N) is 3. The highest BCUT2D eigenvalue weighted by atomic mass is 16.5. The Bertz CT molecular complexity index is 296. The number of nitrogens with one attached hydrogen (secondary N) is 1. The lowest BCUT2D eigenvalue weighted by Gasteiger charge is -2.25. The highest BCUT2D eigenvalue weighted by molar-refractivity contribution is 4.97. The summed E-state index contributed by atoms with van der Waals surface area (Å²) in [5.41, 5.74) is 1.00. The van der Waals surface area contributed by atoms with Crippen molar-refractivity contribution in [3.05, 3.63) is 11.9 Å². The van der Waals surface area contributed by atoms with Crippen LogP contribution >= 0.6 is 0 Å². The van der Waals surface area contributed by atoms with Gasteiger partial charge in [0.2, 0.25) is 0 Å². The van der Waals surface area contributed by atoms with Gasteiger partial charge in [-0.05, 0) is 13.0 Å². The van der Waals surface area contributed by atoms with Crippen LogP contribution in [0.1, 0.15) is 26.0 Å². The van der Waals surface area contributed by atoms with Crippen molar-refractivity contribution < 1.29 is 4.74 Å². The molecule has 2 atom stereocenters. The maximum atomic E-state index is 5.48. The van der Waals surface area contributed by atoms with Crippen molar-refractivity contribution in [3.63, 3.8) is 0 Å². The van der Waals surface area contributed by atoms with Gasteiger partial charge in [-0.3, -0.25) is 4.68 Å². The van der Waals surface area contributed by atoms with Crippen LogP contribution in [-0.2, 0) is 18.2 Å². The summed E-state index contributed by atoms with van der Waals surface area (Å²) in [6.45, 7) is 5.17. The first kappa shape index (κ1) is 13.1. The molecule has 0 bridgehead atoms. The van der Waals surface area contributed by atoms with Gasteiger partial charge in [0.05, 0.1) is 11.8 Å². The monoisotopic (exact) mass is 226 g/mol. The fourth-order valence-corrected chi connectivity index (χ4v) is 1.93. The van der Waals surface area contributed by atoms with Gasteiger partial charge < -0.3 is 10.1 Å². The molecule has 0 aliphatic heterocycles. The minimum Gasteiger partial charge on any atom is -0.380 e. The van der Waals surface area contributed by atoms with Gasteiger partial charge in [0, 0.05) is 32.8 Å². The quantitative estimate of drug-likeness (QED) is 0.746. The SMILES string of the molecule is CCNC(Cc1cn(C)nn1)C(CC)OC. The smallest absolute Gasteiger partial charge is 0.0843 e. The van der Waals surface area contributed by atoms with Gasteiger partial charge in [-0.1, -0.05) is 19.1 Å². The van der Waals surface area contributed by atoms with Crippen molar-refractivity contribution in [3.8, 4) is 0 Å². The van der Waals surface area contributed by atoms with Crippen LogP contribution in [0.3, 0.4) is 0 Å². The number of ether oxygens (including phenoxy) is 1. The maximum absolute atomic E-state index is 5.48. The first-order valence-electron chi connectivity index (χ1n) is 5.82. The minimum atomic E-state index is 0.224. The zero-order valence-electron chi connectivity index (χ0n) is 10.6.